The van der Waals surface area contributed by atoms with Crippen LogP contribution in [0.4, 0.5) is 18.9 Å². The quantitative estimate of drug-likeness (QED) is 0.758. The average molecular weight is 392 g/mol. The third kappa shape index (κ3) is 5.37. The highest BCUT2D eigenvalue weighted by Gasteiger charge is 2.35. The van der Waals surface area contributed by atoms with E-state index >= 15 is 0 Å². The molecule has 0 aromatic heterocycles. The summed E-state index contributed by atoms with van der Waals surface area (Å²) in [7, 11) is -3.03. The Labute approximate surface area is 149 Å². The largest absolute Gasteiger partial charge is 0.417 e. The van der Waals surface area contributed by atoms with Crippen molar-refractivity contribution in [3.63, 3.8) is 0 Å². The number of sulfone groups is 1. The molecular weight excluding hydrogens is 375 g/mol. The zero-order valence-corrected chi connectivity index (χ0v) is 15.0. The second-order valence-electron chi connectivity index (χ2n) is 5.85. The van der Waals surface area contributed by atoms with Gasteiger partial charge in [-0.3, -0.25) is 0 Å². The molecule has 0 unspecified atom stereocenters. The Bertz CT molecular complexity index is 863. The molecule has 2 aromatic carbocycles. The molecule has 0 amide bonds. The lowest BCUT2D eigenvalue weighted by molar-refractivity contribution is -0.137. The molecule has 0 fully saturated rings. The first-order valence-corrected chi connectivity index (χ1v) is 9.84. The molecular formula is C17H17ClF3NO2S. The van der Waals surface area contributed by atoms with Gasteiger partial charge in [0.05, 0.1) is 16.3 Å². The van der Waals surface area contributed by atoms with Gasteiger partial charge >= 0.3 is 6.18 Å². The van der Waals surface area contributed by atoms with Crippen LogP contribution in [0.25, 0.3) is 11.1 Å². The van der Waals surface area contributed by atoms with E-state index in [4.69, 9.17) is 17.3 Å². The Morgan fingerprint density at radius 2 is 1.72 bits per heavy atom. The van der Waals surface area contributed by atoms with Crippen molar-refractivity contribution < 1.29 is 21.6 Å². The van der Waals surface area contributed by atoms with E-state index in [1.807, 2.05) is 0 Å². The lowest BCUT2D eigenvalue weighted by atomic mass is 9.97. The normalized spacial score (nSPS) is 12.4. The van der Waals surface area contributed by atoms with Crippen LogP contribution in [-0.2, 0) is 22.4 Å². The Balaban J connectivity index is 2.31. The molecule has 8 heteroatoms. The number of anilines is 1. The summed E-state index contributed by atoms with van der Waals surface area (Å²) in [6, 6.07) is 8.58. The molecule has 2 rings (SSSR count). The van der Waals surface area contributed by atoms with Crippen LogP contribution < -0.4 is 5.73 Å². The van der Waals surface area contributed by atoms with E-state index in [0.717, 1.165) is 17.9 Å². The van der Waals surface area contributed by atoms with Crippen molar-refractivity contribution in [2.75, 3.05) is 17.7 Å². The van der Waals surface area contributed by atoms with E-state index in [0.29, 0.717) is 18.4 Å². The molecule has 0 heterocycles. The third-order valence-corrected chi connectivity index (χ3v) is 4.97. The van der Waals surface area contributed by atoms with Crippen LogP contribution in [-0.4, -0.2) is 20.4 Å². The van der Waals surface area contributed by atoms with Gasteiger partial charge in [-0.05, 0) is 36.1 Å². The monoisotopic (exact) mass is 391 g/mol. The van der Waals surface area contributed by atoms with E-state index in [1.54, 1.807) is 24.3 Å². The molecule has 3 nitrogen and oxygen atoms in total. The van der Waals surface area contributed by atoms with Gasteiger partial charge in [0.2, 0.25) is 0 Å². The Kier molecular flexibility index (Phi) is 5.68. The summed E-state index contributed by atoms with van der Waals surface area (Å²) in [6.45, 7) is 0. The lowest BCUT2D eigenvalue weighted by Gasteiger charge is -2.16. The van der Waals surface area contributed by atoms with Gasteiger partial charge in [0.15, 0.2) is 0 Å². The minimum absolute atomic E-state index is 0.0570. The highest BCUT2D eigenvalue weighted by atomic mass is 35.5. The zero-order valence-electron chi connectivity index (χ0n) is 13.4. The SMILES string of the molecule is CS(=O)(=O)CCCc1ccc(-c2c(Cl)cc(N)cc2C(F)(F)F)cc1. The lowest BCUT2D eigenvalue weighted by Crippen LogP contribution is -2.08. The second kappa shape index (κ2) is 7.25. The van der Waals surface area contributed by atoms with Crippen LogP contribution in [0, 0.1) is 0 Å². The minimum atomic E-state index is -4.58. The number of nitrogens with two attached hydrogens (primary N) is 1. The molecule has 0 saturated heterocycles. The van der Waals surface area contributed by atoms with Gasteiger partial charge in [0.1, 0.15) is 9.84 Å². The van der Waals surface area contributed by atoms with Crippen LogP contribution in [0.5, 0.6) is 0 Å². The summed E-state index contributed by atoms with van der Waals surface area (Å²) >= 11 is 6.00. The van der Waals surface area contributed by atoms with E-state index in [9.17, 15) is 21.6 Å². The maximum atomic E-state index is 13.3. The molecule has 0 bridgehead atoms. The van der Waals surface area contributed by atoms with Crippen molar-refractivity contribution in [3.8, 4) is 11.1 Å². The van der Waals surface area contributed by atoms with Crippen molar-refractivity contribution in [2.45, 2.75) is 19.0 Å². The van der Waals surface area contributed by atoms with Gasteiger partial charge in [-0.2, -0.15) is 13.2 Å². The van der Waals surface area contributed by atoms with E-state index in [-0.39, 0.29) is 22.0 Å². The van der Waals surface area contributed by atoms with Gasteiger partial charge in [-0.25, -0.2) is 8.42 Å². The van der Waals surface area contributed by atoms with E-state index in [2.05, 4.69) is 0 Å². The van der Waals surface area contributed by atoms with E-state index < -0.39 is 21.6 Å². The van der Waals surface area contributed by atoms with Crippen LogP contribution in [0.1, 0.15) is 17.5 Å². The Morgan fingerprint density at radius 3 is 2.24 bits per heavy atom. The van der Waals surface area contributed by atoms with Crippen molar-refractivity contribution in [1.29, 1.82) is 0 Å². The molecule has 0 radical (unpaired) electrons. The number of alkyl halides is 3. The molecule has 2 aromatic rings. The van der Waals surface area contributed by atoms with Crippen molar-refractivity contribution >= 4 is 27.1 Å². The molecule has 0 aliphatic rings. The summed E-state index contributed by atoms with van der Waals surface area (Å²) in [5, 5.41) is -0.0721. The van der Waals surface area contributed by atoms with Crippen molar-refractivity contribution in [3.05, 3.63) is 52.5 Å². The van der Waals surface area contributed by atoms with Gasteiger partial charge in [-0.1, -0.05) is 35.9 Å². The van der Waals surface area contributed by atoms with Crippen molar-refractivity contribution in [1.82, 2.24) is 0 Å². The third-order valence-electron chi connectivity index (χ3n) is 3.64. The Morgan fingerprint density at radius 1 is 1.12 bits per heavy atom. The first kappa shape index (κ1) is 19.6. The maximum absolute atomic E-state index is 13.3. The number of hydrogen-bond acceptors (Lipinski definition) is 3. The maximum Gasteiger partial charge on any atom is 0.417 e. The first-order chi connectivity index (χ1) is 11.5. The average Bonchev–Trinajstić information content (AvgIpc) is 2.45. The summed E-state index contributed by atoms with van der Waals surface area (Å²) in [6.07, 6.45) is -2.44. The predicted molar refractivity (Wildman–Crippen MR) is 94.3 cm³/mol. The summed E-state index contributed by atoms with van der Waals surface area (Å²) in [5.41, 5.74) is 5.58. The second-order valence-corrected chi connectivity index (χ2v) is 8.52. The number of benzene rings is 2. The fraction of sp³-hybridized carbons (Fsp3) is 0.294. The standard InChI is InChI=1S/C17H17ClF3NO2S/c1-25(23,24)8-2-3-11-4-6-12(7-5-11)16-14(17(19,20)21)9-13(22)10-15(16)18/h4-7,9-10H,2-3,8,22H2,1H3. The summed E-state index contributed by atoms with van der Waals surface area (Å²) in [4.78, 5) is 0. The van der Waals surface area contributed by atoms with Gasteiger partial charge in [0.25, 0.3) is 0 Å². The first-order valence-electron chi connectivity index (χ1n) is 7.40. The molecule has 0 spiro atoms. The fourth-order valence-electron chi connectivity index (χ4n) is 2.52. The number of aryl methyl sites for hydroxylation is 1. The van der Waals surface area contributed by atoms with Gasteiger partial charge in [-0.15, -0.1) is 0 Å². The smallest absolute Gasteiger partial charge is 0.399 e. The molecule has 0 atom stereocenters. The fourth-order valence-corrected chi connectivity index (χ4v) is 3.53. The molecule has 25 heavy (non-hydrogen) atoms. The topological polar surface area (TPSA) is 60.2 Å². The number of halogens is 4. The molecule has 0 aliphatic heterocycles. The van der Waals surface area contributed by atoms with Crippen LogP contribution in [0.2, 0.25) is 5.02 Å². The highest BCUT2D eigenvalue weighted by molar-refractivity contribution is 7.90. The van der Waals surface area contributed by atoms with Gasteiger partial charge < -0.3 is 5.73 Å². The minimum Gasteiger partial charge on any atom is -0.399 e. The Hall–Kier alpha value is -1.73. The number of hydrogen-bond donors (Lipinski definition) is 1. The van der Waals surface area contributed by atoms with Crippen LogP contribution in [0.15, 0.2) is 36.4 Å². The highest BCUT2D eigenvalue weighted by Crippen LogP contribution is 2.42. The number of nitrogen functional groups attached to an aromatic ring is 1. The predicted octanol–water partition coefficient (Wildman–Crippen LogP) is 4.59. The molecule has 0 saturated carbocycles. The van der Waals surface area contributed by atoms with Gasteiger partial charge in [0, 0.05) is 17.5 Å². The zero-order chi connectivity index (χ0) is 18.8. The molecule has 136 valence electrons. The molecule has 2 N–H and O–H groups in total. The van der Waals surface area contributed by atoms with Crippen LogP contribution >= 0.6 is 11.6 Å². The van der Waals surface area contributed by atoms with Crippen molar-refractivity contribution in [2.24, 2.45) is 0 Å². The molecule has 0 aliphatic carbocycles. The summed E-state index contributed by atoms with van der Waals surface area (Å²) in [5.74, 6) is 0.0662. The van der Waals surface area contributed by atoms with E-state index in [1.165, 1.54) is 6.07 Å². The van der Waals surface area contributed by atoms with Crippen LogP contribution in [0.3, 0.4) is 0 Å². The number of rotatable bonds is 5. The summed E-state index contributed by atoms with van der Waals surface area (Å²) < 4.78 is 62.1.